The fourth-order valence-corrected chi connectivity index (χ4v) is 11.6. The molecule has 0 aromatic heterocycles. The van der Waals surface area contributed by atoms with Crippen LogP contribution < -0.4 is 5.32 Å². The van der Waals surface area contributed by atoms with E-state index in [1.807, 2.05) is 6.08 Å². The summed E-state index contributed by atoms with van der Waals surface area (Å²) in [4.78, 5) is 24.5. The zero-order valence-electron chi connectivity index (χ0n) is 55.9. The number of hydrogen-bond donors (Lipinski definition) is 3. The first-order valence-electron chi connectivity index (χ1n) is 37.4. The van der Waals surface area contributed by atoms with Gasteiger partial charge in [0.05, 0.1) is 25.4 Å². The molecular weight excluding hydrogens is 1020 g/mol. The van der Waals surface area contributed by atoms with Crippen molar-refractivity contribution in [3.8, 4) is 0 Å². The van der Waals surface area contributed by atoms with Crippen LogP contribution in [0.2, 0.25) is 0 Å². The number of ether oxygens (including phenoxy) is 1. The topological polar surface area (TPSA) is 95.9 Å². The average Bonchev–Trinajstić information content (AvgIpc) is 3.49. The van der Waals surface area contributed by atoms with Crippen LogP contribution in [0.25, 0.3) is 0 Å². The summed E-state index contributed by atoms with van der Waals surface area (Å²) >= 11 is 0. The number of nitrogens with one attached hydrogen (secondary N) is 1. The monoisotopic (exact) mass is 1160 g/mol. The molecule has 0 saturated carbocycles. The molecule has 0 bridgehead atoms. The van der Waals surface area contributed by atoms with Gasteiger partial charge in [-0.15, -0.1) is 0 Å². The largest absolute Gasteiger partial charge is 0.466 e. The highest BCUT2D eigenvalue weighted by molar-refractivity contribution is 5.76. The van der Waals surface area contributed by atoms with Crippen LogP contribution in [0.15, 0.2) is 48.6 Å². The highest BCUT2D eigenvalue weighted by atomic mass is 16.5. The van der Waals surface area contributed by atoms with Crippen LogP contribution in [0.3, 0.4) is 0 Å². The maximum atomic E-state index is 12.5. The molecule has 0 rings (SSSR count). The first-order valence-corrected chi connectivity index (χ1v) is 37.4. The van der Waals surface area contributed by atoms with Gasteiger partial charge in [-0.3, -0.25) is 9.59 Å². The van der Waals surface area contributed by atoms with Crippen molar-refractivity contribution in [2.45, 2.75) is 418 Å². The van der Waals surface area contributed by atoms with E-state index in [1.165, 1.54) is 327 Å². The lowest BCUT2D eigenvalue weighted by Crippen LogP contribution is -2.45. The molecule has 0 aromatic rings. The van der Waals surface area contributed by atoms with Crippen molar-refractivity contribution >= 4 is 11.9 Å². The van der Waals surface area contributed by atoms with E-state index in [1.54, 1.807) is 6.08 Å². The van der Waals surface area contributed by atoms with E-state index in [0.29, 0.717) is 19.4 Å². The van der Waals surface area contributed by atoms with Gasteiger partial charge in [0.1, 0.15) is 0 Å². The predicted molar refractivity (Wildman–Crippen MR) is 366 cm³/mol. The van der Waals surface area contributed by atoms with Gasteiger partial charge in [-0.05, 0) is 89.9 Å². The van der Waals surface area contributed by atoms with Gasteiger partial charge in [-0.1, -0.05) is 351 Å². The second kappa shape index (κ2) is 72.3. The molecule has 2 unspecified atom stereocenters. The Hall–Kier alpha value is -2.18. The SMILES string of the molecule is CCCCCCCC/C=C\CCCCCCCC(=O)OCCCCCCCCCCCCCCCCC/C=C\C/C=C\CCCCCCCCCCCCCCCCCCCC(=O)NC(CO)C(O)/C=C/CCCCCCCCCCCC. The Kier molecular flexibility index (Phi) is 70.4. The number of unbranched alkanes of at least 4 members (excludes halogenated alkanes) is 53. The summed E-state index contributed by atoms with van der Waals surface area (Å²) in [6.45, 7) is 4.91. The fourth-order valence-electron chi connectivity index (χ4n) is 11.6. The molecule has 0 aliphatic heterocycles. The van der Waals surface area contributed by atoms with Crippen LogP contribution in [0.1, 0.15) is 406 Å². The molecule has 0 heterocycles. The Morgan fingerprint density at radius 3 is 0.928 bits per heavy atom. The molecule has 488 valence electrons. The minimum absolute atomic E-state index is 0.0124. The van der Waals surface area contributed by atoms with Gasteiger partial charge < -0.3 is 20.3 Å². The third kappa shape index (κ3) is 68.8. The van der Waals surface area contributed by atoms with E-state index < -0.39 is 12.1 Å². The predicted octanol–water partition coefficient (Wildman–Crippen LogP) is 24.4. The number of aliphatic hydroxyl groups excluding tert-OH is 2. The normalized spacial score (nSPS) is 12.8. The van der Waals surface area contributed by atoms with Crippen LogP contribution in [0.4, 0.5) is 0 Å². The van der Waals surface area contributed by atoms with Gasteiger partial charge in [0.25, 0.3) is 0 Å². The minimum Gasteiger partial charge on any atom is -0.466 e. The number of hydrogen-bond acceptors (Lipinski definition) is 5. The van der Waals surface area contributed by atoms with Gasteiger partial charge >= 0.3 is 5.97 Å². The maximum absolute atomic E-state index is 12.5. The van der Waals surface area contributed by atoms with E-state index in [2.05, 4.69) is 55.6 Å². The second-order valence-electron chi connectivity index (χ2n) is 25.6. The van der Waals surface area contributed by atoms with Crippen LogP contribution >= 0.6 is 0 Å². The van der Waals surface area contributed by atoms with Crippen molar-refractivity contribution in [3.63, 3.8) is 0 Å². The van der Waals surface area contributed by atoms with E-state index in [9.17, 15) is 19.8 Å². The van der Waals surface area contributed by atoms with E-state index in [4.69, 9.17) is 4.74 Å². The molecule has 6 nitrogen and oxygen atoms in total. The summed E-state index contributed by atoms with van der Waals surface area (Å²) in [6, 6.07) is -0.625. The number of rotatable bonds is 70. The van der Waals surface area contributed by atoms with Gasteiger partial charge in [0.2, 0.25) is 5.91 Å². The highest BCUT2D eigenvalue weighted by Gasteiger charge is 2.18. The summed E-state index contributed by atoms with van der Waals surface area (Å²) in [5.74, 6) is -0.0519. The second-order valence-corrected chi connectivity index (χ2v) is 25.6. The fraction of sp³-hybridized carbons (Fsp3) is 0.870. The Morgan fingerprint density at radius 1 is 0.337 bits per heavy atom. The highest BCUT2D eigenvalue weighted by Crippen LogP contribution is 2.18. The summed E-state index contributed by atoms with van der Waals surface area (Å²) in [5, 5.41) is 23.1. The third-order valence-electron chi connectivity index (χ3n) is 17.3. The Labute approximate surface area is 518 Å². The molecule has 0 aliphatic carbocycles. The lowest BCUT2D eigenvalue weighted by Gasteiger charge is -2.20. The number of carbonyl (C=O) groups is 2. The van der Waals surface area contributed by atoms with E-state index >= 15 is 0 Å². The standard InChI is InChI=1S/C77H145NO5/c1-3-5-7-9-11-13-15-17-43-47-51-55-59-63-67-71-77(82)83-72-68-64-60-56-52-48-45-42-40-38-36-34-32-30-28-26-24-22-20-18-19-21-23-25-27-29-31-33-35-37-39-41-44-46-50-54-58-62-66-70-76(81)78-74(73-79)75(80)69-65-61-57-53-49-16-14-12-10-8-6-4-2/h17-19,22,24,43,65,69,74-75,79-80H,3-16,20-21,23,25-42,44-64,66-68,70-73H2,1-2H3,(H,78,81)/b19-18-,24-22-,43-17-,69-65+. The minimum atomic E-state index is -0.841. The summed E-state index contributed by atoms with van der Waals surface area (Å²) in [6.07, 6.45) is 95.1. The molecule has 3 N–H and O–H groups in total. The maximum Gasteiger partial charge on any atom is 0.305 e. The molecule has 1 amide bonds. The van der Waals surface area contributed by atoms with E-state index in [0.717, 1.165) is 51.4 Å². The summed E-state index contributed by atoms with van der Waals surface area (Å²) in [5.41, 5.74) is 0. The summed E-state index contributed by atoms with van der Waals surface area (Å²) < 4.78 is 5.49. The number of allylic oxidation sites excluding steroid dienone is 7. The van der Waals surface area contributed by atoms with Gasteiger partial charge in [0, 0.05) is 12.8 Å². The van der Waals surface area contributed by atoms with Crippen LogP contribution in [-0.4, -0.2) is 47.4 Å². The van der Waals surface area contributed by atoms with Crippen LogP contribution in [-0.2, 0) is 14.3 Å². The Bertz CT molecular complexity index is 1390. The first-order chi connectivity index (χ1) is 41.0. The lowest BCUT2D eigenvalue weighted by molar-refractivity contribution is -0.143. The van der Waals surface area contributed by atoms with Crippen molar-refractivity contribution in [2.24, 2.45) is 0 Å². The van der Waals surface area contributed by atoms with Crippen molar-refractivity contribution < 1.29 is 24.5 Å². The Balaban J connectivity index is 3.35. The molecule has 2 atom stereocenters. The molecule has 0 fully saturated rings. The number of amides is 1. The van der Waals surface area contributed by atoms with Crippen molar-refractivity contribution in [1.29, 1.82) is 0 Å². The van der Waals surface area contributed by atoms with Crippen molar-refractivity contribution in [3.05, 3.63) is 48.6 Å². The molecule has 0 radical (unpaired) electrons. The molecular formula is C77H145NO5. The molecule has 0 aromatic carbocycles. The number of aliphatic hydroxyl groups is 2. The van der Waals surface area contributed by atoms with Crippen LogP contribution in [0.5, 0.6) is 0 Å². The van der Waals surface area contributed by atoms with Crippen molar-refractivity contribution in [2.75, 3.05) is 13.2 Å². The molecule has 6 heteroatoms. The smallest absolute Gasteiger partial charge is 0.305 e. The van der Waals surface area contributed by atoms with Crippen LogP contribution in [0, 0.1) is 0 Å². The zero-order valence-corrected chi connectivity index (χ0v) is 55.9. The van der Waals surface area contributed by atoms with Crippen molar-refractivity contribution in [1.82, 2.24) is 5.32 Å². The van der Waals surface area contributed by atoms with Gasteiger partial charge in [-0.2, -0.15) is 0 Å². The number of esters is 1. The Morgan fingerprint density at radius 2 is 0.602 bits per heavy atom. The third-order valence-corrected chi connectivity index (χ3v) is 17.3. The molecule has 83 heavy (non-hydrogen) atoms. The number of carbonyl (C=O) groups excluding carboxylic acids is 2. The molecule has 0 saturated heterocycles. The first kappa shape index (κ1) is 80.8. The average molecular weight is 1170 g/mol. The zero-order chi connectivity index (χ0) is 59.9. The van der Waals surface area contributed by atoms with Gasteiger partial charge in [0.15, 0.2) is 0 Å². The molecule has 0 aliphatic rings. The quantitative estimate of drug-likeness (QED) is 0.0320. The summed E-state index contributed by atoms with van der Waals surface area (Å²) in [7, 11) is 0. The molecule has 0 spiro atoms. The lowest BCUT2D eigenvalue weighted by atomic mass is 10.0. The van der Waals surface area contributed by atoms with E-state index in [-0.39, 0.29) is 18.5 Å². The van der Waals surface area contributed by atoms with Gasteiger partial charge in [-0.25, -0.2) is 0 Å².